The van der Waals surface area contributed by atoms with Crippen molar-refractivity contribution in [2.24, 2.45) is 0 Å². The second-order valence-electron chi connectivity index (χ2n) is 6.82. The molecule has 0 atom stereocenters. The maximum Gasteiger partial charge on any atom is 0.336 e. The first-order valence-electron chi connectivity index (χ1n) is 9.32. The molecule has 0 fully saturated rings. The number of rotatable bonds is 5. The van der Waals surface area contributed by atoms with Gasteiger partial charge < -0.3 is 8.98 Å². The summed E-state index contributed by atoms with van der Waals surface area (Å²) in [6, 6.07) is 13.2. The molecular weight excluding hydrogens is 406 g/mol. The molecule has 0 aliphatic heterocycles. The van der Waals surface area contributed by atoms with Crippen LogP contribution in [0.4, 0.5) is 0 Å². The van der Waals surface area contributed by atoms with Crippen LogP contribution in [-0.2, 0) is 12.3 Å². The van der Waals surface area contributed by atoms with Gasteiger partial charge in [0.25, 0.3) is 0 Å². The lowest BCUT2D eigenvalue weighted by molar-refractivity contribution is 0.557. The van der Waals surface area contributed by atoms with E-state index in [-0.39, 0.29) is 5.63 Å². The Morgan fingerprint density at radius 3 is 2.72 bits per heavy atom. The lowest BCUT2D eigenvalue weighted by atomic mass is 10.0. The minimum atomic E-state index is -0.335. The molecule has 0 N–H and O–H groups in total. The van der Waals surface area contributed by atoms with E-state index in [4.69, 9.17) is 16.0 Å². The molecule has 5 nitrogen and oxygen atoms in total. The molecule has 0 bridgehead atoms. The molecule has 0 amide bonds. The van der Waals surface area contributed by atoms with Crippen molar-refractivity contribution in [2.75, 3.05) is 0 Å². The van der Waals surface area contributed by atoms with Gasteiger partial charge in [-0.2, -0.15) is 0 Å². The highest BCUT2D eigenvalue weighted by molar-refractivity contribution is 7.98. The van der Waals surface area contributed by atoms with Crippen LogP contribution in [0.3, 0.4) is 0 Å². The van der Waals surface area contributed by atoms with Gasteiger partial charge in [-0.05, 0) is 49.6 Å². The number of aromatic nitrogens is 3. The van der Waals surface area contributed by atoms with Crippen molar-refractivity contribution in [1.82, 2.24) is 14.8 Å². The molecule has 2 aromatic carbocycles. The molecule has 0 radical (unpaired) electrons. The summed E-state index contributed by atoms with van der Waals surface area (Å²) in [5, 5.41) is 11.2. The Hall–Kier alpha value is -2.57. The van der Waals surface area contributed by atoms with E-state index in [1.807, 2.05) is 44.2 Å². The number of hydrogen-bond donors (Lipinski definition) is 0. The third-order valence-electron chi connectivity index (χ3n) is 4.99. The highest BCUT2D eigenvalue weighted by Crippen LogP contribution is 2.30. The fraction of sp³-hybridized carbons (Fsp3) is 0.227. The van der Waals surface area contributed by atoms with Crippen LogP contribution in [0.1, 0.15) is 23.6 Å². The fourth-order valence-corrected chi connectivity index (χ4v) is 4.49. The second-order valence-corrected chi connectivity index (χ2v) is 8.20. The Morgan fingerprint density at radius 1 is 1.14 bits per heavy atom. The average molecular weight is 426 g/mol. The molecule has 0 aliphatic rings. The standard InChI is InChI=1S/C22H20ClN3O2S/c1-4-26-21(15-6-5-7-17(23)10-15)24-25-22(26)29-12-16-11-19(27)28-20-14(3)13(2)8-9-18(16)20/h5-11H,4,12H2,1-3H3. The number of nitrogens with zero attached hydrogens (tertiary/aromatic N) is 3. The number of aryl methyl sites for hydroxylation is 2. The Bertz CT molecular complexity index is 1260. The number of thioether (sulfide) groups is 1. The van der Waals surface area contributed by atoms with Crippen LogP contribution in [-0.4, -0.2) is 14.8 Å². The van der Waals surface area contributed by atoms with Crippen LogP contribution in [0.5, 0.6) is 0 Å². The Labute approximate surface area is 177 Å². The van der Waals surface area contributed by atoms with Gasteiger partial charge in [0.05, 0.1) is 0 Å². The molecule has 4 rings (SSSR count). The Kier molecular flexibility index (Phi) is 5.48. The number of hydrogen-bond acceptors (Lipinski definition) is 5. The summed E-state index contributed by atoms with van der Waals surface area (Å²) < 4.78 is 7.53. The zero-order valence-corrected chi connectivity index (χ0v) is 18.0. The minimum Gasteiger partial charge on any atom is -0.422 e. The first kappa shape index (κ1) is 19.7. The predicted octanol–water partition coefficient (Wildman–Crippen LogP) is 5.63. The maximum absolute atomic E-state index is 12.1. The van der Waals surface area contributed by atoms with E-state index in [2.05, 4.69) is 27.8 Å². The molecule has 2 aromatic heterocycles. The van der Waals surface area contributed by atoms with Gasteiger partial charge in [-0.25, -0.2) is 4.79 Å². The molecule has 2 heterocycles. The van der Waals surface area contributed by atoms with Gasteiger partial charge in [-0.15, -0.1) is 10.2 Å². The van der Waals surface area contributed by atoms with Crippen LogP contribution in [0, 0.1) is 13.8 Å². The van der Waals surface area contributed by atoms with Crippen molar-refractivity contribution in [3.8, 4) is 11.4 Å². The quantitative estimate of drug-likeness (QED) is 0.306. The van der Waals surface area contributed by atoms with Crippen LogP contribution in [0.2, 0.25) is 5.02 Å². The molecule has 0 aliphatic carbocycles. The number of halogens is 1. The zero-order chi connectivity index (χ0) is 20.5. The van der Waals surface area contributed by atoms with Crippen LogP contribution in [0.25, 0.3) is 22.4 Å². The lowest BCUT2D eigenvalue weighted by Crippen LogP contribution is -2.03. The van der Waals surface area contributed by atoms with E-state index < -0.39 is 0 Å². The van der Waals surface area contributed by atoms with Gasteiger partial charge in [0.1, 0.15) is 5.58 Å². The predicted molar refractivity (Wildman–Crippen MR) is 118 cm³/mol. The first-order valence-corrected chi connectivity index (χ1v) is 10.7. The summed E-state index contributed by atoms with van der Waals surface area (Å²) in [5.41, 5.74) is 4.27. The molecule has 7 heteroatoms. The smallest absolute Gasteiger partial charge is 0.336 e. The number of benzene rings is 2. The molecule has 148 valence electrons. The van der Waals surface area contributed by atoms with E-state index >= 15 is 0 Å². The van der Waals surface area contributed by atoms with Gasteiger partial charge in [-0.3, -0.25) is 0 Å². The molecular formula is C22H20ClN3O2S. The lowest BCUT2D eigenvalue weighted by Gasteiger charge is -2.10. The van der Waals surface area contributed by atoms with Crippen molar-refractivity contribution >= 4 is 34.3 Å². The molecule has 0 spiro atoms. The summed E-state index contributed by atoms with van der Waals surface area (Å²) in [7, 11) is 0. The second kappa shape index (κ2) is 8.05. The molecule has 0 saturated carbocycles. The fourth-order valence-electron chi connectivity index (χ4n) is 3.31. The van der Waals surface area contributed by atoms with Crippen molar-refractivity contribution < 1.29 is 4.42 Å². The average Bonchev–Trinajstić information content (AvgIpc) is 3.12. The summed E-state index contributed by atoms with van der Waals surface area (Å²) in [4.78, 5) is 12.1. The van der Waals surface area contributed by atoms with Crippen LogP contribution in [0.15, 0.2) is 56.8 Å². The summed E-state index contributed by atoms with van der Waals surface area (Å²) in [6.07, 6.45) is 0. The van der Waals surface area contributed by atoms with Crippen molar-refractivity contribution in [3.63, 3.8) is 0 Å². The van der Waals surface area contributed by atoms with Crippen LogP contribution >= 0.6 is 23.4 Å². The van der Waals surface area contributed by atoms with Gasteiger partial charge in [0.15, 0.2) is 11.0 Å². The van der Waals surface area contributed by atoms with E-state index in [1.54, 1.807) is 17.8 Å². The van der Waals surface area contributed by atoms with E-state index in [0.717, 1.165) is 45.2 Å². The molecule has 4 aromatic rings. The van der Waals surface area contributed by atoms with Crippen molar-refractivity contribution in [2.45, 2.75) is 38.2 Å². The first-order chi connectivity index (χ1) is 14.0. The van der Waals surface area contributed by atoms with Crippen molar-refractivity contribution in [1.29, 1.82) is 0 Å². The summed E-state index contributed by atoms with van der Waals surface area (Å²) in [5.74, 6) is 1.37. The number of fused-ring (bicyclic) bond motifs is 1. The van der Waals surface area contributed by atoms with Gasteiger partial charge >= 0.3 is 5.63 Å². The Balaban J connectivity index is 1.68. The molecule has 29 heavy (non-hydrogen) atoms. The highest BCUT2D eigenvalue weighted by atomic mass is 35.5. The SMILES string of the molecule is CCn1c(SCc2cc(=O)oc3c(C)c(C)ccc23)nnc1-c1cccc(Cl)c1. The van der Waals surface area contributed by atoms with Gasteiger partial charge in [0.2, 0.25) is 0 Å². The monoisotopic (exact) mass is 425 g/mol. The van der Waals surface area contributed by atoms with E-state index in [1.165, 1.54) is 0 Å². The molecule has 0 saturated heterocycles. The summed E-state index contributed by atoms with van der Waals surface area (Å²) in [6.45, 7) is 6.77. The maximum atomic E-state index is 12.1. The normalized spacial score (nSPS) is 11.3. The Morgan fingerprint density at radius 2 is 1.97 bits per heavy atom. The van der Waals surface area contributed by atoms with E-state index in [9.17, 15) is 4.79 Å². The van der Waals surface area contributed by atoms with Crippen molar-refractivity contribution in [3.05, 3.63) is 74.6 Å². The van der Waals surface area contributed by atoms with Crippen LogP contribution < -0.4 is 5.63 Å². The van der Waals surface area contributed by atoms with Gasteiger partial charge in [-0.1, -0.05) is 47.6 Å². The molecule has 0 unspecified atom stereocenters. The zero-order valence-electron chi connectivity index (χ0n) is 16.4. The third kappa shape index (κ3) is 3.82. The summed E-state index contributed by atoms with van der Waals surface area (Å²) >= 11 is 7.69. The largest absolute Gasteiger partial charge is 0.422 e. The van der Waals surface area contributed by atoms with Gasteiger partial charge in [0, 0.05) is 34.3 Å². The minimum absolute atomic E-state index is 0.335. The topological polar surface area (TPSA) is 60.9 Å². The van der Waals surface area contributed by atoms with E-state index in [0.29, 0.717) is 16.4 Å². The third-order valence-corrected chi connectivity index (χ3v) is 6.24. The highest BCUT2D eigenvalue weighted by Gasteiger charge is 2.15.